The summed E-state index contributed by atoms with van der Waals surface area (Å²) in [7, 11) is 0. The molecular weight excluding hydrogens is 378 g/mol. The first kappa shape index (κ1) is 19.9. The van der Waals surface area contributed by atoms with Crippen LogP contribution >= 0.6 is 0 Å². The second kappa shape index (κ2) is 8.17. The summed E-state index contributed by atoms with van der Waals surface area (Å²) in [6, 6.07) is 9.53. The van der Waals surface area contributed by atoms with Crippen molar-refractivity contribution in [1.29, 1.82) is 5.26 Å². The minimum atomic E-state index is -0.357. The summed E-state index contributed by atoms with van der Waals surface area (Å²) in [5.41, 5.74) is 1.03. The minimum absolute atomic E-state index is 0.000184. The molecule has 0 saturated carbocycles. The van der Waals surface area contributed by atoms with Crippen LogP contribution in [0.2, 0.25) is 0 Å². The molecule has 1 amide bonds. The Balaban J connectivity index is 1.58. The Kier molecular flexibility index (Phi) is 5.42. The lowest BCUT2D eigenvalue weighted by Gasteiger charge is -2.51. The number of piperidine rings is 1. The fourth-order valence-corrected chi connectivity index (χ4v) is 4.37. The van der Waals surface area contributed by atoms with Crippen LogP contribution in [0.4, 0.5) is 5.82 Å². The van der Waals surface area contributed by atoms with Crippen molar-refractivity contribution in [3.8, 4) is 6.07 Å². The molecule has 0 aromatic carbocycles. The van der Waals surface area contributed by atoms with Crippen molar-refractivity contribution in [1.82, 2.24) is 14.9 Å². The molecule has 4 heterocycles. The first-order valence-electron chi connectivity index (χ1n) is 10.0. The normalized spacial score (nSPS) is 19.5. The highest BCUT2D eigenvalue weighted by Crippen LogP contribution is 2.34. The molecule has 0 unspecified atom stereocenters. The average Bonchev–Trinajstić information content (AvgIpc) is 3.20. The van der Waals surface area contributed by atoms with Gasteiger partial charge >= 0.3 is 0 Å². The van der Waals surface area contributed by atoms with Gasteiger partial charge in [0.2, 0.25) is 5.91 Å². The molecule has 0 aliphatic carbocycles. The number of nitrogens with one attached hydrogen (secondary N) is 1. The quantitative estimate of drug-likeness (QED) is 0.821. The molecular formula is C23H25N5O2. The number of morpholine rings is 1. The Morgan fingerprint density at radius 2 is 2.17 bits per heavy atom. The van der Waals surface area contributed by atoms with Gasteiger partial charge in [-0.2, -0.15) is 5.26 Å². The van der Waals surface area contributed by atoms with Crippen LogP contribution in [0.5, 0.6) is 0 Å². The first-order chi connectivity index (χ1) is 14.6. The molecule has 2 aromatic rings. The van der Waals surface area contributed by atoms with E-state index in [2.05, 4.69) is 34.1 Å². The summed E-state index contributed by atoms with van der Waals surface area (Å²) < 4.78 is 5.69. The van der Waals surface area contributed by atoms with E-state index < -0.39 is 0 Å². The van der Waals surface area contributed by atoms with Gasteiger partial charge in [0.1, 0.15) is 24.2 Å². The first-order valence-corrected chi connectivity index (χ1v) is 10.0. The summed E-state index contributed by atoms with van der Waals surface area (Å²) in [6.45, 7) is 10.6. The maximum atomic E-state index is 12.9. The molecule has 30 heavy (non-hydrogen) atoms. The highest BCUT2D eigenvalue weighted by molar-refractivity contribution is 5.81. The Bertz CT molecular complexity index is 1110. The van der Waals surface area contributed by atoms with Crippen molar-refractivity contribution < 1.29 is 9.53 Å². The van der Waals surface area contributed by atoms with E-state index in [-0.39, 0.29) is 18.1 Å². The van der Waals surface area contributed by atoms with Gasteiger partial charge in [0.25, 0.3) is 0 Å². The molecule has 0 atom stereocenters. The van der Waals surface area contributed by atoms with Crippen molar-refractivity contribution in [2.75, 3.05) is 37.7 Å². The van der Waals surface area contributed by atoms with Gasteiger partial charge in [-0.1, -0.05) is 25.3 Å². The predicted octanol–water partition coefficient (Wildman–Crippen LogP) is 0.926. The zero-order valence-corrected chi connectivity index (χ0v) is 16.9. The number of aromatic amines is 1. The Labute approximate surface area is 175 Å². The van der Waals surface area contributed by atoms with Crippen molar-refractivity contribution in [3.63, 3.8) is 0 Å². The number of nitriles is 1. The summed E-state index contributed by atoms with van der Waals surface area (Å²) in [5.74, 6) is 0.797. The molecule has 2 fully saturated rings. The zero-order chi connectivity index (χ0) is 21.1. The lowest BCUT2D eigenvalue weighted by Crippen LogP contribution is -2.64. The number of carbonyl (C=O) groups is 1. The summed E-state index contributed by atoms with van der Waals surface area (Å²) in [5, 5.41) is 10.9. The SMILES string of the molecule is C=C/C(CN1C(=O)COCC12CCN(c1cccc(C#N)n1)CC2)=c1/cc[nH]c1=C. The number of nitrogens with zero attached hydrogens (tertiary/aromatic N) is 4. The number of hydrogen-bond acceptors (Lipinski definition) is 5. The van der Waals surface area contributed by atoms with Crippen LogP contribution in [0.1, 0.15) is 18.5 Å². The molecule has 2 aliphatic rings. The molecule has 2 saturated heterocycles. The lowest BCUT2D eigenvalue weighted by molar-refractivity contribution is -0.158. The maximum absolute atomic E-state index is 12.9. The Hall–Kier alpha value is -3.37. The molecule has 1 spiro atoms. The summed E-state index contributed by atoms with van der Waals surface area (Å²) in [4.78, 5) is 24.5. The van der Waals surface area contributed by atoms with Crippen LogP contribution < -0.4 is 15.5 Å². The van der Waals surface area contributed by atoms with E-state index in [9.17, 15) is 4.79 Å². The molecule has 7 heteroatoms. The number of hydrogen-bond donors (Lipinski definition) is 1. The molecule has 7 nitrogen and oxygen atoms in total. The molecule has 2 aliphatic heterocycles. The molecule has 0 radical (unpaired) electrons. The maximum Gasteiger partial charge on any atom is 0.249 e. The van der Waals surface area contributed by atoms with Gasteiger partial charge in [-0.3, -0.25) is 4.79 Å². The molecule has 2 aromatic heterocycles. The third-order valence-corrected chi connectivity index (χ3v) is 6.09. The number of anilines is 1. The summed E-state index contributed by atoms with van der Waals surface area (Å²) in [6.07, 6.45) is 5.19. The van der Waals surface area contributed by atoms with Crippen molar-refractivity contribution in [2.45, 2.75) is 18.4 Å². The molecule has 4 rings (SSSR count). The third kappa shape index (κ3) is 3.62. The highest BCUT2D eigenvalue weighted by Gasteiger charge is 2.45. The third-order valence-electron chi connectivity index (χ3n) is 6.09. The van der Waals surface area contributed by atoms with Gasteiger partial charge in [-0.15, -0.1) is 0 Å². The second-order valence-corrected chi connectivity index (χ2v) is 7.78. The van der Waals surface area contributed by atoms with Crippen molar-refractivity contribution >= 4 is 23.9 Å². The smallest absolute Gasteiger partial charge is 0.249 e. The highest BCUT2D eigenvalue weighted by atomic mass is 16.5. The fraction of sp³-hybridized carbons (Fsp3) is 0.348. The Morgan fingerprint density at radius 3 is 2.83 bits per heavy atom. The van der Waals surface area contributed by atoms with Gasteiger partial charge in [-0.25, -0.2) is 4.98 Å². The van der Waals surface area contributed by atoms with Crippen LogP contribution in [-0.2, 0) is 9.53 Å². The molecule has 1 N–H and O–H groups in total. The Morgan fingerprint density at radius 1 is 1.37 bits per heavy atom. The van der Waals surface area contributed by atoms with Gasteiger partial charge < -0.3 is 19.5 Å². The minimum Gasteiger partial charge on any atom is -0.369 e. The molecule has 0 bridgehead atoms. The van der Waals surface area contributed by atoms with Crippen molar-refractivity contribution in [2.24, 2.45) is 0 Å². The number of amides is 1. The summed E-state index contributed by atoms with van der Waals surface area (Å²) >= 11 is 0. The van der Waals surface area contributed by atoms with E-state index in [1.54, 1.807) is 12.1 Å². The average molecular weight is 403 g/mol. The number of carbonyl (C=O) groups excluding carboxylic acids is 1. The zero-order valence-electron chi connectivity index (χ0n) is 16.9. The van der Waals surface area contributed by atoms with E-state index in [0.717, 1.165) is 47.9 Å². The van der Waals surface area contributed by atoms with Crippen LogP contribution in [0.3, 0.4) is 0 Å². The van der Waals surface area contributed by atoms with Crippen LogP contribution in [0, 0.1) is 11.3 Å². The number of ether oxygens (including phenoxy) is 1. The lowest BCUT2D eigenvalue weighted by atomic mass is 9.84. The fourth-order valence-electron chi connectivity index (χ4n) is 4.37. The van der Waals surface area contributed by atoms with Gasteiger partial charge in [0.15, 0.2) is 0 Å². The van der Waals surface area contributed by atoms with Crippen LogP contribution in [-0.4, -0.2) is 59.2 Å². The monoisotopic (exact) mass is 403 g/mol. The van der Waals surface area contributed by atoms with E-state index in [1.807, 2.05) is 29.3 Å². The van der Waals surface area contributed by atoms with E-state index in [1.165, 1.54) is 0 Å². The predicted molar refractivity (Wildman–Crippen MR) is 115 cm³/mol. The van der Waals surface area contributed by atoms with Crippen LogP contribution in [0.15, 0.2) is 43.1 Å². The number of pyridine rings is 1. The number of aromatic nitrogens is 2. The van der Waals surface area contributed by atoms with E-state index >= 15 is 0 Å². The number of rotatable bonds is 4. The topological polar surface area (TPSA) is 85.2 Å². The number of H-pyrrole nitrogens is 1. The van der Waals surface area contributed by atoms with Gasteiger partial charge in [0.05, 0.1) is 12.1 Å². The second-order valence-electron chi connectivity index (χ2n) is 7.78. The van der Waals surface area contributed by atoms with Gasteiger partial charge in [0, 0.05) is 36.4 Å². The molecule has 154 valence electrons. The van der Waals surface area contributed by atoms with Crippen LogP contribution in [0.25, 0.3) is 12.2 Å². The van der Waals surface area contributed by atoms with E-state index in [4.69, 9.17) is 10.00 Å². The van der Waals surface area contributed by atoms with Crippen molar-refractivity contribution in [3.05, 3.63) is 59.4 Å². The standard InChI is InChI=1S/C23H25N5O2/c1-3-18(20-7-10-25-17(20)2)14-28-22(29)15-30-16-23(28)8-11-27(12-9-23)21-6-4-5-19(13-24)26-21/h3-7,10,25H,1-2,8-9,11-12,14-16H2/b20-18+. The van der Waals surface area contributed by atoms with E-state index in [0.29, 0.717) is 18.8 Å². The largest absolute Gasteiger partial charge is 0.369 e. The van der Waals surface area contributed by atoms with Gasteiger partial charge in [-0.05, 0) is 36.6 Å².